The third kappa shape index (κ3) is 5.24. The summed E-state index contributed by atoms with van der Waals surface area (Å²) in [5, 5.41) is 7.36. The first-order valence-corrected chi connectivity index (χ1v) is 20.6. The van der Waals surface area contributed by atoms with E-state index in [-0.39, 0.29) is 6.04 Å². The topological polar surface area (TPSA) is 29.8 Å². The van der Waals surface area contributed by atoms with Gasteiger partial charge in [0, 0.05) is 70.9 Å². The molecule has 0 bridgehead atoms. The molecule has 58 heavy (non-hydrogen) atoms. The first-order chi connectivity index (χ1) is 28.7. The van der Waals surface area contributed by atoms with Gasteiger partial charge >= 0.3 is 0 Å². The van der Waals surface area contributed by atoms with Crippen molar-refractivity contribution < 1.29 is 4.74 Å². The minimum Gasteiger partial charge on any atom is -0.440 e. The summed E-state index contributed by atoms with van der Waals surface area (Å²) >= 11 is 1.85. The van der Waals surface area contributed by atoms with Gasteiger partial charge in [0.2, 0.25) is 5.90 Å². The molecular weight excluding hydrogens is 727 g/mol. The summed E-state index contributed by atoms with van der Waals surface area (Å²) in [7, 11) is 0. The number of aliphatic imine (C=N–C) groups is 1. The number of thiophene rings is 1. The summed E-state index contributed by atoms with van der Waals surface area (Å²) in [5.41, 5.74) is 10.3. The molecule has 0 saturated carbocycles. The van der Waals surface area contributed by atoms with Crippen LogP contribution in [0, 0.1) is 0 Å². The Morgan fingerprint density at radius 2 is 1.14 bits per heavy atom. The van der Waals surface area contributed by atoms with Crippen LogP contribution in [-0.4, -0.2) is 16.5 Å². The molecule has 1 atom stereocenters. The number of anilines is 3. The smallest absolute Gasteiger partial charge is 0.222 e. The highest BCUT2D eigenvalue weighted by molar-refractivity contribution is 7.25. The van der Waals surface area contributed by atoms with Crippen molar-refractivity contribution in [2.24, 2.45) is 4.99 Å². The van der Waals surface area contributed by atoms with E-state index in [0.29, 0.717) is 5.90 Å². The fourth-order valence-electron chi connectivity index (χ4n) is 9.09. The van der Waals surface area contributed by atoms with Crippen LogP contribution < -0.4 is 15.3 Å². The van der Waals surface area contributed by atoms with Crippen LogP contribution in [-0.2, 0) is 4.74 Å². The molecule has 0 radical (unpaired) electrons. The maximum Gasteiger partial charge on any atom is 0.222 e. The van der Waals surface area contributed by atoms with Crippen LogP contribution in [0.15, 0.2) is 199 Å². The monoisotopic (exact) mass is 761 g/mol. The first-order valence-electron chi connectivity index (χ1n) is 19.8. The second-order valence-corrected chi connectivity index (χ2v) is 16.1. The predicted octanol–water partition coefficient (Wildman–Crippen LogP) is 12.2. The summed E-state index contributed by atoms with van der Waals surface area (Å²) in [6.07, 6.45) is 0.772. The van der Waals surface area contributed by atoms with Gasteiger partial charge in [-0.15, -0.1) is 11.3 Å². The van der Waals surface area contributed by atoms with Gasteiger partial charge in [-0.1, -0.05) is 115 Å². The second kappa shape index (κ2) is 13.2. The number of rotatable bonds is 6. The van der Waals surface area contributed by atoms with Gasteiger partial charge < -0.3 is 14.2 Å². The van der Waals surface area contributed by atoms with E-state index in [1.165, 1.54) is 58.3 Å². The van der Waals surface area contributed by atoms with Crippen molar-refractivity contribution in [3.8, 4) is 5.69 Å². The van der Waals surface area contributed by atoms with Crippen molar-refractivity contribution in [3.05, 3.63) is 216 Å². The molecule has 12 rings (SSSR count). The van der Waals surface area contributed by atoms with Crippen molar-refractivity contribution in [1.29, 1.82) is 0 Å². The number of nitrogens with zero attached hydrogens (tertiary/aromatic N) is 3. The molecule has 0 saturated heterocycles. The molecule has 0 N–H and O–H groups in total. The van der Waals surface area contributed by atoms with Gasteiger partial charge in [0.05, 0.1) is 11.0 Å². The third-order valence-electron chi connectivity index (χ3n) is 11.7. The maximum absolute atomic E-state index is 6.49. The van der Waals surface area contributed by atoms with E-state index < -0.39 is 0 Å². The Labute approximate surface area is 339 Å². The maximum atomic E-state index is 6.49. The van der Waals surface area contributed by atoms with E-state index in [2.05, 4.69) is 185 Å². The minimum absolute atomic E-state index is 0.0634. The molecule has 0 fully saturated rings. The van der Waals surface area contributed by atoms with E-state index >= 15 is 0 Å². The third-order valence-corrected chi connectivity index (χ3v) is 12.9. The van der Waals surface area contributed by atoms with E-state index in [9.17, 15) is 0 Å². The molecule has 274 valence electrons. The largest absolute Gasteiger partial charge is 0.440 e. The Bertz CT molecular complexity index is 3400. The SMILES string of the molecule is c1ccc(C2=NC3CC(c4ccc(N(c5ccc6sc7ccccc7c6c5)c5ccc6c7ccccc7n(-c7ccccc7)c6c5)cc4)=c4ccccc4=C3O2)cc1. The molecule has 4 nitrogen and oxygen atoms in total. The molecule has 1 unspecified atom stereocenters. The summed E-state index contributed by atoms with van der Waals surface area (Å²) in [4.78, 5) is 7.53. The average Bonchev–Trinajstić information content (AvgIpc) is 3.99. The normalized spacial score (nSPS) is 14.8. The number of fused-ring (bicyclic) bond motifs is 8. The standard InChI is InChI=1S/C53H35N3OS/c1-3-13-35(14-4-1)53-54-47-33-45(40-17-7-8-20-44(40)52(47)57-53)34-23-25-37(26-24-34)55(38-28-30-51-46(31-38)43-19-10-12-22-50(43)58-51)39-27-29-42-41-18-9-11-21-48(41)56(49(42)32-39)36-15-5-2-6-16-36/h1-32,47H,33H2. The highest BCUT2D eigenvalue weighted by Crippen LogP contribution is 2.43. The molecule has 2 aliphatic rings. The lowest BCUT2D eigenvalue weighted by molar-refractivity contribution is 0.500. The second-order valence-electron chi connectivity index (χ2n) is 15.1. The summed E-state index contributed by atoms with van der Waals surface area (Å²) in [5.74, 6) is 1.64. The zero-order valence-electron chi connectivity index (χ0n) is 31.4. The lowest BCUT2D eigenvalue weighted by Crippen LogP contribution is -2.36. The van der Waals surface area contributed by atoms with Crippen LogP contribution in [0.3, 0.4) is 0 Å². The van der Waals surface area contributed by atoms with Crippen molar-refractivity contribution >= 4 is 87.6 Å². The van der Waals surface area contributed by atoms with E-state index in [1.807, 2.05) is 29.5 Å². The molecule has 10 aromatic rings. The Morgan fingerprint density at radius 3 is 1.98 bits per heavy atom. The lowest BCUT2D eigenvalue weighted by atomic mass is 9.90. The van der Waals surface area contributed by atoms with Crippen LogP contribution in [0.5, 0.6) is 0 Å². The van der Waals surface area contributed by atoms with Crippen molar-refractivity contribution in [1.82, 2.24) is 4.57 Å². The first kappa shape index (κ1) is 33.0. The number of benzene rings is 8. The van der Waals surface area contributed by atoms with Gasteiger partial charge in [0.1, 0.15) is 11.8 Å². The molecular formula is C53H35N3OS. The van der Waals surface area contributed by atoms with Crippen molar-refractivity contribution in [2.45, 2.75) is 12.5 Å². The van der Waals surface area contributed by atoms with Crippen LogP contribution in [0.4, 0.5) is 17.1 Å². The van der Waals surface area contributed by atoms with Gasteiger partial charge in [0.25, 0.3) is 0 Å². The van der Waals surface area contributed by atoms with E-state index in [0.717, 1.165) is 45.7 Å². The Morgan fingerprint density at radius 1 is 0.500 bits per heavy atom. The zero-order valence-corrected chi connectivity index (χ0v) is 32.2. The molecule has 1 aliphatic carbocycles. The Kier molecular flexibility index (Phi) is 7.50. The van der Waals surface area contributed by atoms with Crippen LogP contribution in [0.1, 0.15) is 17.5 Å². The van der Waals surface area contributed by atoms with Gasteiger partial charge in [-0.2, -0.15) is 0 Å². The fraction of sp³-hybridized carbons (Fsp3) is 0.0377. The quantitative estimate of drug-likeness (QED) is 0.169. The van der Waals surface area contributed by atoms with Gasteiger partial charge in [-0.3, -0.25) is 0 Å². The molecule has 3 heterocycles. The van der Waals surface area contributed by atoms with E-state index in [4.69, 9.17) is 9.73 Å². The van der Waals surface area contributed by atoms with Gasteiger partial charge in [0.15, 0.2) is 0 Å². The highest BCUT2D eigenvalue weighted by Gasteiger charge is 2.31. The number of ether oxygens (including phenoxy) is 1. The number of hydrogen-bond donors (Lipinski definition) is 0. The van der Waals surface area contributed by atoms with E-state index in [1.54, 1.807) is 0 Å². The molecule has 2 aromatic heterocycles. The summed E-state index contributed by atoms with van der Waals surface area (Å²) < 4.78 is 11.5. The average molecular weight is 762 g/mol. The number of para-hydroxylation sites is 2. The molecule has 1 aliphatic heterocycles. The summed E-state index contributed by atoms with van der Waals surface area (Å²) in [6, 6.07) is 69.9. The lowest BCUT2D eigenvalue weighted by Gasteiger charge is -2.26. The van der Waals surface area contributed by atoms with Crippen molar-refractivity contribution in [2.75, 3.05) is 4.90 Å². The molecule has 8 aromatic carbocycles. The Balaban J connectivity index is 1.02. The van der Waals surface area contributed by atoms with Crippen LogP contribution in [0.25, 0.3) is 59.0 Å². The fourth-order valence-corrected chi connectivity index (χ4v) is 10.2. The summed E-state index contributed by atoms with van der Waals surface area (Å²) in [6.45, 7) is 0. The molecule has 0 spiro atoms. The van der Waals surface area contributed by atoms with Gasteiger partial charge in [-0.05, 0) is 95.2 Å². The Hall–Kier alpha value is -7.21. The molecule has 5 heteroatoms. The van der Waals surface area contributed by atoms with Crippen molar-refractivity contribution in [3.63, 3.8) is 0 Å². The van der Waals surface area contributed by atoms with Gasteiger partial charge in [-0.25, -0.2) is 4.99 Å². The highest BCUT2D eigenvalue weighted by atomic mass is 32.1. The molecule has 0 amide bonds. The minimum atomic E-state index is -0.0634. The number of hydrogen-bond acceptors (Lipinski definition) is 4. The number of aromatic nitrogens is 1. The zero-order chi connectivity index (χ0) is 38.2. The van der Waals surface area contributed by atoms with Crippen LogP contribution >= 0.6 is 11.3 Å². The predicted molar refractivity (Wildman–Crippen MR) is 242 cm³/mol. The van der Waals surface area contributed by atoms with Crippen LogP contribution in [0.2, 0.25) is 0 Å².